The molecule has 0 aliphatic rings. The highest BCUT2D eigenvalue weighted by Crippen LogP contribution is 2.26. The second kappa shape index (κ2) is 7.83. The third kappa shape index (κ3) is 4.09. The molecule has 0 atom stereocenters. The minimum atomic E-state index is -0.175. The van der Waals surface area contributed by atoms with Crippen molar-refractivity contribution < 1.29 is 9.53 Å². The lowest BCUT2D eigenvalue weighted by atomic mass is 10.1. The number of aromatic nitrogens is 1. The molecule has 0 fully saturated rings. The Hall–Kier alpha value is -3.14. The van der Waals surface area contributed by atoms with E-state index in [1.807, 2.05) is 81.4 Å². The molecule has 0 radical (unpaired) electrons. The molecule has 1 amide bonds. The molecule has 4 heteroatoms. The number of carbonyl (C=O) groups excluding carboxylic acids is 1. The maximum absolute atomic E-state index is 12.6. The van der Waals surface area contributed by atoms with Gasteiger partial charge in [-0.25, -0.2) is 0 Å². The summed E-state index contributed by atoms with van der Waals surface area (Å²) < 4.78 is 5.93. The van der Waals surface area contributed by atoms with E-state index in [1.54, 1.807) is 0 Å². The molecule has 1 aromatic heterocycles. The Labute approximate surface area is 153 Å². The summed E-state index contributed by atoms with van der Waals surface area (Å²) >= 11 is 0. The van der Waals surface area contributed by atoms with Gasteiger partial charge in [0.25, 0.3) is 5.91 Å². The fourth-order valence-corrected chi connectivity index (χ4v) is 2.68. The van der Waals surface area contributed by atoms with Crippen molar-refractivity contribution in [2.45, 2.75) is 27.2 Å². The van der Waals surface area contributed by atoms with Gasteiger partial charge in [-0.15, -0.1) is 0 Å². The average molecular weight is 346 g/mol. The van der Waals surface area contributed by atoms with Crippen LogP contribution in [-0.2, 0) is 6.42 Å². The lowest BCUT2D eigenvalue weighted by Crippen LogP contribution is -2.14. The van der Waals surface area contributed by atoms with Gasteiger partial charge in [0, 0.05) is 17.4 Å². The Morgan fingerprint density at radius 3 is 2.58 bits per heavy atom. The number of benzene rings is 2. The third-order valence-corrected chi connectivity index (χ3v) is 4.16. The molecule has 3 aromatic rings. The summed E-state index contributed by atoms with van der Waals surface area (Å²) in [6, 6.07) is 18.9. The van der Waals surface area contributed by atoms with Gasteiger partial charge in [0.05, 0.1) is 11.3 Å². The standard InChI is InChI=1S/C22H22N2O2/c1-4-17-12-13-20(16(3)23-17)22(25)24-18-9-7-10-19(14-18)26-21-11-6-5-8-15(21)2/h5-14H,4H2,1-3H3,(H,24,25). The molecular weight excluding hydrogens is 324 g/mol. The van der Waals surface area contributed by atoms with Crippen LogP contribution < -0.4 is 10.1 Å². The van der Waals surface area contributed by atoms with Crippen LogP contribution in [0.4, 0.5) is 5.69 Å². The molecule has 4 nitrogen and oxygen atoms in total. The topological polar surface area (TPSA) is 51.2 Å². The van der Waals surface area contributed by atoms with Crippen LogP contribution in [0, 0.1) is 13.8 Å². The minimum Gasteiger partial charge on any atom is -0.457 e. The van der Waals surface area contributed by atoms with Crippen molar-refractivity contribution in [3.05, 3.63) is 83.2 Å². The maximum atomic E-state index is 12.6. The predicted octanol–water partition coefficient (Wildman–Crippen LogP) is 5.31. The molecule has 3 rings (SSSR count). The van der Waals surface area contributed by atoms with Gasteiger partial charge in [0.1, 0.15) is 11.5 Å². The highest BCUT2D eigenvalue weighted by atomic mass is 16.5. The number of hydrogen-bond donors (Lipinski definition) is 1. The van der Waals surface area contributed by atoms with Crippen LogP contribution in [0.1, 0.15) is 34.2 Å². The number of ether oxygens (including phenoxy) is 1. The highest BCUT2D eigenvalue weighted by Gasteiger charge is 2.11. The number of aryl methyl sites for hydroxylation is 3. The highest BCUT2D eigenvalue weighted by molar-refractivity contribution is 6.05. The number of amides is 1. The quantitative estimate of drug-likeness (QED) is 0.681. The summed E-state index contributed by atoms with van der Waals surface area (Å²) in [6.07, 6.45) is 0.848. The molecule has 0 unspecified atom stereocenters. The molecular formula is C22H22N2O2. The lowest BCUT2D eigenvalue weighted by Gasteiger charge is -2.11. The fourth-order valence-electron chi connectivity index (χ4n) is 2.68. The molecule has 0 bridgehead atoms. The molecule has 0 saturated heterocycles. The Kier molecular flexibility index (Phi) is 5.32. The number of carbonyl (C=O) groups is 1. The van der Waals surface area contributed by atoms with Crippen molar-refractivity contribution in [3.63, 3.8) is 0 Å². The maximum Gasteiger partial charge on any atom is 0.257 e. The van der Waals surface area contributed by atoms with E-state index in [4.69, 9.17) is 4.74 Å². The van der Waals surface area contributed by atoms with Crippen LogP contribution in [0.2, 0.25) is 0 Å². The predicted molar refractivity (Wildman–Crippen MR) is 104 cm³/mol. The van der Waals surface area contributed by atoms with E-state index in [1.165, 1.54) is 0 Å². The summed E-state index contributed by atoms with van der Waals surface area (Å²) in [4.78, 5) is 17.0. The molecule has 0 saturated carbocycles. The van der Waals surface area contributed by atoms with Crippen LogP contribution in [-0.4, -0.2) is 10.9 Å². The zero-order chi connectivity index (χ0) is 18.5. The summed E-state index contributed by atoms with van der Waals surface area (Å²) in [6.45, 7) is 5.89. The number of nitrogens with zero attached hydrogens (tertiary/aromatic N) is 1. The first-order valence-corrected chi connectivity index (χ1v) is 8.68. The van der Waals surface area contributed by atoms with Crippen molar-refractivity contribution >= 4 is 11.6 Å². The molecule has 2 aromatic carbocycles. The van der Waals surface area contributed by atoms with E-state index in [9.17, 15) is 4.79 Å². The SMILES string of the molecule is CCc1ccc(C(=O)Nc2cccc(Oc3ccccc3C)c2)c(C)n1. The fraction of sp³-hybridized carbons (Fsp3) is 0.182. The summed E-state index contributed by atoms with van der Waals surface area (Å²) in [7, 11) is 0. The van der Waals surface area contributed by atoms with Crippen LogP contribution >= 0.6 is 0 Å². The zero-order valence-corrected chi connectivity index (χ0v) is 15.2. The Morgan fingerprint density at radius 2 is 1.85 bits per heavy atom. The third-order valence-electron chi connectivity index (χ3n) is 4.16. The summed E-state index contributed by atoms with van der Waals surface area (Å²) in [5.74, 6) is 1.30. The van der Waals surface area contributed by atoms with E-state index in [0.29, 0.717) is 17.0 Å². The Morgan fingerprint density at radius 1 is 1.04 bits per heavy atom. The van der Waals surface area contributed by atoms with Gasteiger partial charge in [-0.05, 0) is 56.2 Å². The van der Waals surface area contributed by atoms with E-state index >= 15 is 0 Å². The second-order valence-electron chi connectivity index (χ2n) is 6.14. The molecule has 1 N–H and O–H groups in total. The molecule has 0 aliphatic carbocycles. The Balaban J connectivity index is 1.76. The number of pyridine rings is 1. The van der Waals surface area contributed by atoms with Crippen LogP contribution in [0.15, 0.2) is 60.7 Å². The molecule has 0 spiro atoms. The van der Waals surface area contributed by atoms with Gasteiger partial charge in [-0.2, -0.15) is 0 Å². The second-order valence-corrected chi connectivity index (χ2v) is 6.14. The van der Waals surface area contributed by atoms with Gasteiger partial charge in [0.2, 0.25) is 0 Å². The first kappa shape index (κ1) is 17.7. The van der Waals surface area contributed by atoms with Crippen molar-refractivity contribution in [1.82, 2.24) is 4.98 Å². The van der Waals surface area contributed by atoms with Crippen molar-refractivity contribution in [2.75, 3.05) is 5.32 Å². The van der Waals surface area contributed by atoms with Crippen molar-refractivity contribution in [2.24, 2.45) is 0 Å². The molecule has 1 heterocycles. The van der Waals surface area contributed by atoms with E-state index in [2.05, 4.69) is 10.3 Å². The lowest BCUT2D eigenvalue weighted by molar-refractivity contribution is 0.102. The van der Waals surface area contributed by atoms with Crippen LogP contribution in [0.25, 0.3) is 0 Å². The zero-order valence-electron chi connectivity index (χ0n) is 15.2. The van der Waals surface area contributed by atoms with Crippen LogP contribution in [0.5, 0.6) is 11.5 Å². The van der Waals surface area contributed by atoms with Gasteiger partial charge in [-0.1, -0.05) is 31.2 Å². The number of para-hydroxylation sites is 1. The summed E-state index contributed by atoms with van der Waals surface area (Å²) in [5, 5.41) is 2.92. The van der Waals surface area contributed by atoms with Crippen molar-refractivity contribution in [3.8, 4) is 11.5 Å². The van der Waals surface area contributed by atoms with Crippen molar-refractivity contribution in [1.29, 1.82) is 0 Å². The van der Waals surface area contributed by atoms with E-state index < -0.39 is 0 Å². The van der Waals surface area contributed by atoms with Gasteiger partial charge < -0.3 is 10.1 Å². The van der Waals surface area contributed by atoms with E-state index in [0.717, 1.165) is 29.1 Å². The molecule has 26 heavy (non-hydrogen) atoms. The minimum absolute atomic E-state index is 0.175. The number of hydrogen-bond acceptors (Lipinski definition) is 3. The Bertz CT molecular complexity index is 935. The van der Waals surface area contributed by atoms with Gasteiger partial charge >= 0.3 is 0 Å². The molecule has 132 valence electrons. The number of rotatable bonds is 5. The van der Waals surface area contributed by atoms with Gasteiger partial charge in [0.15, 0.2) is 0 Å². The smallest absolute Gasteiger partial charge is 0.257 e. The summed E-state index contributed by atoms with van der Waals surface area (Å²) in [5.41, 5.74) is 4.02. The number of nitrogens with one attached hydrogen (secondary N) is 1. The normalized spacial score (nSPS) is 10.4. The first-order chi connectivity index (χ1) is 12.6. The first-order valence-electron chi connectivity index (χ1n) is 8.68. The van der Waals surface area contributed by atoms with E-state index in [-0.39, 0.29) is 5.91 Å². The average Bonchev–Trinajstić information content (AvgIpc) is 2.63. The van der Waals surface area contributed by atoms with Gasteiger partial charge in [-0.3, -0.25) is 9.78 Å². The largest absolute Gasteiger partial charge is 0.457 e. The molecule has 0 aliphatic heterocycles. The monoisotopic (exact) mass is 346 g/mol. The van der Waals surface area contributed by atoms with Crippen LogP contribution in [0.3, 0.4) is 0 Å². The number of anilines is 1.